The van der Waals surface area contributed by atoms with Crippen LogP contribution >= 0.6 is 22.9 Å². The molecule has 2 aromatic rings. The van der Waals surface area contributed by atoms with Gasteiger partial charge in [-0.2, -0.15) is 0 Å². The lowest BCUT2D eigenvalue weighted by Crippen LogP contribution is -2.27. The summed E-state index contributed by atoms with van der Waals surface area (Å²) in [5.41, 5.74) is 3.52. The Morgan fingerprint density at radius 1 is 1.35 bits per heavy atom. The van der Waals surface area contributed by atoms with E-state index in [9.17, 15) is 4.79 Å². The van der Waals surface area contributed by atoms with Crippen LogP contribution in [0.1, 0.15) is 37.4 Å². The molecule has 120 valence electrons. The van der Waals surface area contributed by atoms with Crippen molar-refractivity contribution in [3.63, 3.8) is 0 Å². The molecule has 0 unspecified atom stereocenters. The Morgan fingerprint density at radius 2 is 2.22 bits per heavy atom. The SMILES string of the molecule is CCCCNC(=O)C1=C(Cl)c2ccc(-c3cccs3)nc2CC1. The number of rotatable bonds is 5. The minimum atomic E-state index is -0.0450. The first kappa shape index (κ1) is 16.2. The van der Waals surface area contributed by atoms with Crippen LogP contribution in [0.4, 0.5) is 0 Å². The van der Waals surface area contributed by atoms with Gasteiger partial charge in [0.25, 0.3) is 0 Å². The van der Waals surface area contributed by atoms with E-state index in [2.05, 4.69) is 18.3 Å². The molecule has 2 aromatic heterocycles. The average molecular weight is 347 g/mol. The van der Waals surface area contributed by atoms with Crippen LogP contribution in [0.3, 0.4) is 0 Å². The molecule has 0 bridgehead atoms. The molecule has 2 heterocycles. The lowest BCUT2D eigenvalue weighted by Gasteiger charge is -2.19. The van der Waals surface area contributed by atoms with Crippen LogP contribution in [0.5, 0.6) is 0 Å². The Hall–Kier alpha value is -1.65. The van der Waals surface area contributed by atoms with Gasteiger partial charge >= 0.3 is 0 Å². The van der Waals surface area contributed by atoms with Crippen molar-refractivity contribution in [2.75, 3.05) is 6.54 Å². The summed E-state index contributed by atoms with van der Waals surface area (Å²) in [6.45, 7) is 2.80. The van der Waals surface area contributed by atoms with Crippen molar-refractivity contribution in [2.45, 2.75) is 32.6 Å². The second-order valence-electron chi connectivity index (χ2n) is 5.57. The van der Waals surface area contributed by atoms with E-state index in [4.69, 9.17) is 16.6 Å². The minimum absolute atomic E-state index is 0.0450. The third-order valence-corrected chi connectivity index (χ3v) is 5.28. The molecule has 0 fully saturated rings. The van der Waals surface area contributed by atoms with E-state index in [0.717, 1.165) is 41.1 Å². The smallest absolute Gasteiger partial charge is 0.248 e. The first-order chi connectivity index (χ1) is 11.2. The summed E-state index contributed by atoms with van der Waals surface area (Å²) in [6.07, 6.45) is 3.44. The van der Waals surface area contributed by atoms with Crippen molar-refractivity contribution in [1.29, 1.82) is 0 Å². The number of aryl methyl sites for hydroxylation is 1. The highest BCUT2D eigenvalue weighted by molar-refractivity contribution is 7.13. The predicted octanol–water partition coefficient (Wildman–Crippen LogP) is 4.62. The Balaban J connectivity index is 1.85. The number of fused-ring (bicyclic) bond motifs is 1. The number of aromatic nitrogens is 1. The molecular weight excluding hydrogens is 328 g/mol. The van der Waals surface area contributed by atoms with Crippen molar-refractivity contribution >= 4 is 33.9 Å². The molecule has 0 saturated heterocycles. The standard InChI is InChI=1S/C18H19ClN2OS/c1-2-3-10-20-18(22)13-7-8-14-12(17(13)19)6-9-15(21-14)16-5-4-11-23-16/h4-6,9,11H,2-3,7-8,10H2,1H3,(H,20,22). The summed E-state index contributed by atoms with van der Waals surface area (Å²) in [7, 11) is 0. The van der Waals surface area contributed by atoms with Crippen LogP contribution in [0.15, 0.2) is 35.2 Å². The quantitative estimate of drug-likeness (QED) is 0.802. The monoisotopic (exact) mass is 346 g/mol. The number of amides is 1. The molecule has 5 heteroatoms. The summed E-state index contributed by atoms with van der Waals surface area (Å²) >= 11 is 8.15. The third kappa shape index (κ3) is 3.48. The first-order valence-electron chi connectivity index (χ1n) is 7.91. The molecule has 23 heavy (non-hydrogen) atoms. The number of carbonyl (C=O) groups excluding carboxylic acids is 1. The van der Waals surface area contributed by atoms with Gasteiger partial charge in [0.2, 0.25) is 5.91 Å². The number of unbranched alkanes of at least 4 members (excludes halogenated alkanes) is 1. The number of hydrogen-bond donors (Lipinski definition) is 1. The predicted molar refractivity (Wildman–Crippen MR) is 96.6 cm³/mol. The molecule has 0 atom stereocenters. The number of carbonyl (C=O) groups is 1. The molecule has 0 aromatic carbocycles. The van der Waals surface area contributed by atoms with E-state index in [0.29, 0.717) is 23.6 Å². The van der Waals surface area contributed by atoms with Gasteiger partial charge in [0.15, 0.2) is 0 Å². The van der Waals surface area contributed by atoms with Gasteiger partial charge in [-0.25, -0.2) is 0 Å². The summed E-state index contributed by atoms with van der Waals surface area (Å²) < 4.78 is 0. The zero-order chi connectivity index (χ0) is 16.2. The molecule has 1 N–H and O–H groups in total. The topological polar surface area (TPSA) is 42.0 Å². The Morgan fingerprint density at radius 3 is 2.96 bits per heavy atom. The van der Waals surface area contributed by atoms with E-state index in [1.807, 2.05) is 23.6 Å². The molecule has 1 amide bonds. The fraction of sp³-hybridized carbons (Fsp3) is 0.333. The molecule has 0 saturated carbocycles. The zero-order valence-corrected chi connectivity index (χ0v) is 14.6. The highest BCUT2D eigenvalue weighted by atomic mass is 35.5. The Bertz CT molecular complexity index is 737. The largest absolute Gasteiger partial charge is 0.352 e. The number of halogens is 1. The Kier molecular flexibility index (Phi) is 5.13. The van der Waals surface area contributed by atoms with Crippen molar-refractivity contribution in [1.82, 2.24) is 10.3 Å². The summed E-state index contributed by atoms with van der Waals surface area (Å²) in [4.78, 5) is 18.2. The molecule has 0 aliphatic heterocycles. The fourth-order valence-corrected chi connectivity index (χ4v) is 3.72. The number of hydrogen-bond acceptors (Lipinski definition) is 3. The van der Waals surface area contributed by atoms with Gasteiger partial charge in [-0.1, -0.05) is 31.0 Å². The average Bonchev–Trinajstić information content (AvgIpc) is 3.09. The number of nitrogens with zero attached hydrogens (tertiary/aromatic N) is 1. The maximum absolute atomic E-state index is 12.3. The van der Waals surface area contributed by atoms with Gasteiger partial charge in [0.1, 0.15) is 0 Å². The molecule has 3 rings (SSSR count). The third-order valence-electron chi connectivity index (χ3n) is 3.95. The van der Waals surface area contributed by atoms with Crippen LogP contribution in [0, 0.1) is 0 Å². The normalized spacial score (nSPS) is 13.8. The van der Waals surface area contributed by atoms with Gasteiger partial charge in [-0.05, 0) is 42.8 Å². The van der Waals surface area contributed by atoms with E-state index < -0.39 is 0 Å². The van der Waals surface area contributed by atoms with Crippen LogP contribution in [-0.2, 0) is 11.2 Å². The Labute approximate surface area is 145 Å². The highest BCUT2D eigenvalue weighted by Crippen LogP contribution is 2.35. The minimum Gasteiger partial charge on any atom is -0.352 e. The zero-order valence-electron chi connectivity index (χ0n) is 13.1. The second-order valence-corrected chi connectivity index (χ2v) is 6.90. The van der Waals surface area contributed by atoms with Crippen LogP contribution < -0.4 is 5.32 Å². The number of thiophene rings is 1. The first-order valence-corrected chi connectivity index (χ1v) is 9.17. The van der Waals surface area contributed by atoms with Crippen molar-refractivity contribution in [3.05, 3.63) is 46.5 Å². The summed E-state index contributed by atoms with van der Waals surface area (Å²) in [5, 5.41) is 5.54. The molecule has 1 aliphatic rings. The second kappa shape index (κ2) is 7.28. The lowest BCUT2D eigenvalue weighted by molar-refractivity contribution is -0.117. The number of pyridine rings is 1. The highest BCUT2D eigenvalue weighted by Gasteiger charge is 2.23. The van der Waals surface area contributed by atoms with E-state index in [1.54, 1.807) is 11.3 Å². The van der Waals surface area contributed by atoms with Gasteiger partial charge in [0, 0.05) is 17.7 Å². The molecule has 1 aliphatic carbocycles. The maximum atomic E-state index is 12.3. The van der Waals surface area contributed by atoms with Crippen molar-refractivity contribution in [3.8, 4) is 10.6 Å². The van der Waals surface area contributed by atoms with Gasteiger partial charge < -0.3 is 5.32 Å². The maximum Gasteiger partial charge on any atom is 0.248 e. The van der Waals surface area contributed by atoms with Crippen LogP contribution in [0.25, 0.3) is 15.6 Å². The van der Waals surface area contributed by atoms with E-state index >= 15 is 0 Å². The lowest BCUT2D eigenvalue weighted by atomic mass is 9.95. The van der Waals surface area contributed by atoms with Crippen molar-refractivity contribution < 1.29 is 4.79 Å². The molecule has 0 radical (unpaired) electrons. The van der Waals surface area contributed by atoms with E-state index in [1.165, 1.54) is 0 Å². The summed E-state index contributed by atoms with van der Waals surface area (Å²) in [6, 6.07) is 8.04. The van der Waals surface area contributed by atoms with Crippen LogP contribution in [-0.4, -0.2) is 17.4 Å². The molecular formula is C18H19ClN2OS. The van der Waals surface area contributed by atoms with Crippen LogP contribution in [0.2, 0.25) is 0 Å². The fourth-order valence-electron chi connectivity index (χ4n) is 2.67. The molecule has 3 nitrogen and oxygen atoms in total. The van der Waals surface area contributed by atoms with E-state index in [-0.39, 0.29) is 5.91 Å². The van der Waals surface area contributed by atoms with Gasteiger partial charge in [-0.15, -0.1) is 11.3 Å². The number of nitrogens with one attached hydrogen (secondary N) is 1. The summed E-state index contributed by atoms with van der Waals surface area (Å²) in [5.74, 6) is -0.0450. The molecule has 0 spiro atoms. The van der Waals surface area contributed by atoms with Gasteiger partial charge in [0.05, 0.1) is 21.3 Å². The van der Waals surface area contributed by atoms with Crippen molar-refractivity contribution in [2.24, 2.45) is 0 Å². The van der Waals surface area contributed by atoms with Gasteiger partial charge in [-0.3, -0.25) is 9.78 Å².